The maximum Gasteiger partial charge on any atom is 0.145 e. The maximum absolute atomic E-state index is 10.1. The molecule has 0 aliphatic heterocycles. The van der Waals surface area contributed by atoms with Crippen LogP contribution in [0.1, 0.15) is 52.3 Å². The second-order valence-electron chi connectivity index (χ2n) is 5.40. The number of hydrogen-bond donors (Lipinski definition) is 4. The van der Waals surface area contributed by atoms with E-state index in [1.54, 1.807) is 6.07 Å². The van der Waals surface area contributed by atoms with Crippen LogP contribution in [-0.2, 0) is 0 Å². The molecular weight excluding hydrogens is 242 g/mol. The highest BCUT2D eigenvalue weighted by atomic mass is 16.3. The predicted octanol–water partition coefficient (Wildman–Crippen LogP) is 1.85. The van der Waals surface area contributed by atoms with Crippen molar-refractivity contribution < 1.29 is 5.11 Å². The highest BCUT2D eigenvalue weighted by molar-refractivity contribution is 5.47. The summed E-state index contributed by atoms with van der Waals surface area (Å²) in [6.45, 7) is 8.35. The van der Waals surface area contributed by atoms with Gasteiger partial charge in [-0.05, 0) is 13.3 Å². The van der Waals surface area contributed by atoms with Crippen molar-refractivity contribution in [3.8, 4) is 0 Å². The number of hydrazine groups is 1. The molecule has 6 heteroatoms. The largest absolute Gasteiger partial charge is 0.388 e. The van der Waals surface area contributed by atoms with E-state index in [9.17, 15) is 5.11 Å². The van der Waals surface area contributed by atoms with Crippen LogP contribution in [0.15, 0.2) is 6.07 Å². The Labute approximate surface area is 114 Å². The van der Waals surface area contributed by atoms with Gasteiger partial charge in [-0.3, -0.25) is 0 Å². The summed E-state index contributed by atoms with van der Waals surface area (Å²) in [5.41, 5.74) is 1.79. The lowest BCUT2D eigenvalue weighted by molar-refractivity contribution is 0.0636. The highest BCUT2D eigenvalue weighted by Crippen LogP contribution is 2.18. The van der Waals surface area contributed by atoms with Crippen molar-refractivity contribution in [3.63, 3.8) is 0 Å². The minimum Gasteiger partial charge on any atom is -0.388 e. The van der Waals surface area contributed by atoms with E-state index >= 15 is 0 Å². The van der Waals surface area contributed by atoms with Crippen LogP contribution >= 0.6 is 0 Å². The van der Waals surface area contributed by atoms with Crippen molar-refractivity contribution in [3.05, 3.63) is 11.9 Å². The topological polar surface area (TPSA) is 96.1 Å². The minimum absolute atomic E-state index is 0.213. The average Bonchev–Trinajstić information content (AvgIpc) is 2.36. The Kier molecular flexibility index (Phi) is 5.50. The molecule has 19 heavy (non-hydrogen) atoms. The van der Waals surface area contributed by atoms with Gasteiger partial charge >= 0.3 is 0 Å². The molecule has 1 aromatic heterocycles. The summed E-state index contributed by atoms with van der Waals surface area (Å²) in [6, 6.07) is 1.73. The molecule has 108 valence electrons. The Morgan fingerprint density at radius 1 is 1.37 bits per heavy atom. The zero-order valence-electron chi connectivity index (χ0n) is 12.2. The number of rotatable bonds is 7. The molecule has 0 fully saturated rings. The molecule has 0 saturated heterocycles. The van der Waals surface area contributed by atoms with Gasteiger partial charge in [0.1, 0.15) is 17.5 Å². The smallest absolute Gasteiger partial charge is 0.145 e. The third-order valence-electron chi connectivity index (χ3n) is 2.85. The molecule has 5 N–H and O–H groups in total. The highest BCUT2D eigenvalue weighted by Gasteiger charge is 2.19. The van der Waals surface area contributed by atoms with Crippen molar-refractivity contribution in [2.45, 2.75) is 52.1 Å². The number of nitrogens with zero attached hydrogens (tertiary/aromatic N) is 2. The summed E-state index contributed by atoms with van der Waals surface area (Å²) in [4.78, 5) is 8.70. The first kappa shape index (κ1) is 15.7. The number of hydrogen-bond acceptors (Lipinski definition) is 6. The third kappa shape index (κ3) is 5.00. The molecule has 0 aliphatic carbocycles. The molecule has 0 saturated carbocycles. The summed E-state index contributed by atoms with van der Waals surface area (Å²) in [5, 5.41) is 13.3. The van der Waals surface area contributed by atoms with E-state index in [4.69, 9.17) is 5.84 Å². The molecule has 0 bridgehead atoms. The lowest BCUT2D eigenvalue weighted by Gasteiger charge is -2.23. The fraction of sp³-hybridized carbons (Fsp3) is 0.692. The van der Waals surface area contributed by atoms with Gasteiger partial charge in [-0.2, -0.15) is 0 Å². The first-order chi connectivity index (χ1) is 8.88. The summed E-state index contributed by atoms with van der Waals surface area (Å²) in [7, 11) is 0. The summed E-state index contributed by atoms with van der Waals surface area (Å²) in [5.74, 6) is 7.56. The van der Waals surface area contributed by atoms with Crippen LogP contribution in [-0.4, -0.2) is 27.2 Å². The fourth-order valence-corrected chi connectivity index (χ4v) is 1.80. The molecule has 1 heterocycles. The Bertz CT molecular complexity index is 406. The third-order valence-corrected chi connectivity index (χ3v) is 2.85. The van der Waals surface area contributed by atoms with Gasteiger partial charge in [0.05, 0.1) is 5.60 Å². The number of aliphatic hydroxyl groups is 1. The summed E-state index contributed by atoms with van der Waals surface area (Å²) < 4.78 is 0. The zero-order valence-corrected chi connectivity index (χ0v) is 12.2. The Morgan fingerprint density at radius 3 is 2.53 bits per heavy atom. The van der Waals surface area contributed by atoms with Crippen LogP contribution in [0.3, 0.4) is 0 Å². The van der Waals surface area contributed by atoms with Crippen LogP contribution in [0, 0.1) is 0 Å². The number of nitrogens with one attached hydrogen (secondary N) is 2. The lowest BCUT2D eigenvalue weighted by Crippen LogP contribution is -2.33. The van der Waals surface area contributed by atoms with Gasteiger partial charge in [-0.1, -0.05) is 27.2 Å². The first-order valence-electron chi connectivity index (χ1n) is 6.70. The maximum atomic E-state index is 10.1. The number of nitrogen functional groups attached to an aromatic ring is 1. The molecule has 1 rings (SSSR count). The first-order valence-corrected chi connectivity index (χ1v) is 6.70. The monoisotopic (exact) mass is 267 g/mol. The van der Waals surface area contributed by atoms with Crippen LogP contribution in [0.2, 0.25) is 0 Å². The Balaban J connectivity index is 2.80. The molecule has 0 amide bonds. The SMILES string of the molecule is CCCC(C)(O)CNc1cc(NN)nc(C(C)C)n1. The Hall–Kier alpha value is -1.40. The molecular formula is C13H25N5O. The van der Waals surface area contributed by atoms with E-state index in [0.717, 1.165) is 12.8 Å². The number of aromatic nitrogens is 2. The molecule has 1 aromatic rings. The lowest BCUT2D eigenvalue weighted by atomic mass is 10.0. The molecule has 0 aromatic carbocycles. The quantitative estimate of drug-likeness (QED) is 0.445. The molecule has 0 aliphatic rings. The van der Waals surface area contributed by atoms with Gasteiger partial charge in [0.2, 0.25) is 0 Å². The summed E-state index contributed by atoms with van der Waals surface area (Å²) >= 11 is 0. The van der Waals surface area contributed by atoms with Crippen molar-refractivity contribution in [2.24, 2.45) is 5.84 Å². The fourth-order valence-electron chi connectivity index (χ4n) is 1.80. The van der Waals surface area contributed by atoms with Crippen molar-refractivity contribution in [1.29, 1.82) is 0 Å². The van der Waals surface area contributed by atoms with E-state index < -0.39 is 5.60 Å². The van der Waals surface area contributed by atoms with Crippen molar-refractivity contribution >= 4 is 11.6 Å². The van der Waals surface area contributed by atoms with Crippen LogP contribution in [0.25, 0.3) is 0 Å². The standard InChI is InChI=1S/C13H25N5O/c1-5-6-13(4,19)8-15-10-7-11(18-14)17-12(16-10)9(2)3/h7,9,19H,5-6,8,14H2,1-4H3,(H2,15,16,17,18). The zero-order chi connectivity index (χ0) is 14.5. The van der Waals surface area contributed by atoms with E-state index in [-0.39, 0.29) is 5.92 Å². The predicted molar refractivity (Wildman–Crippen MR) is 78.0 cm³/mol. The van der Waals surface area contributed by atoms with Crippen LogP contribution in [0.5, 0.6) is 0 Å². The molecule has 1 atom stereocenters. The van der Waals surface area contributed by atoms with Gasteiger partial charge < -0.3 is 15.8 Å². The van der Waals surface area contributed by atoms with E-state index in [0.29, 0.717) is 24.0 Å². The summed E-state index contributed by atoms with van der Waals surface area (Å²) in [6.07, 6.45) is 1.68. The number of anilines is 2. The normalized spacial score (nSPS) is 14.3. The van der Waals surface area contributed by atoms with Crippen molar-refractivity contribution in [1.82, 2.24) is 9.97 Å². The van der Waals surface area contributed by atoms with Crippen molar-refractivity contribution in [2.75, 3.05) is 17.3 Å². The second kappa shape index (κ2) is 6.68. The molecule has 0 radical (unpaired) electrons. The van der Waals surface area contributed by atoms with Gasteiger partial charge in [-0.15, -0.1) is 0 Å². The molecule has 6 nitrogen and oxygen atoms in total. The molecule has 0 spiro atoms. The van der Waals surface area contributed by atoms with Crippen LogP contribution in [0.4, 0.5) is 11.6 Å². The van der Waals surface area contributed by atoms with Gasteiger partial charge in [0.25, 0.3) is 0 Å². The van der Waals surface area contributed by atoms with Gasteiger partial charge in [0.15, 0.2) is 0 Å². The molecule has 1 unspecified atom stereocenters. The Morgan fingerprint density at radius 2 is 2.00 bits per heavy atom. The van der Waals surface area contributed by atoms with Crippen LogP contribution < -0.4 is 16.6 Å². The number of nitrogens with two attached hydrogens (primary N) is 1. The van der Waals surface area contributed by atoms with Gasteiger partial charge in [0, 0.05) is 18.5 Å². The van der Waals surface area contributed by atoms with Gasteiger partial charge in [-0.25, -0.2) is 15.8 Å². The van der Waals surface area contributed by atoms with E-state index in [2.05, 4.69) is 20.7 Å². The minimum atomic E-state index is -0.742. The van der Waals surface area contributed by atoms with E-state index in [1.807, 2.05) is 27.7 Å². The van der Waals surface area contributed by atoms with E-state index in [1.165, 1.54) is 0 Å². The second-order valence-corrected chi connectivity index (χ2v) is 5.40. The average molecular weight is 267 g/mol.